The molecule has 5 nitrogen and oxygen atoms in total. The van der Waals surface area contributed by atoms with Crippen LogP contribution in [0.1, 0.15) is 66.7 Å². The van der Waals surface area contributed by atoms with Crippen LogP contribution in [-0.4, -0.2) is 33.0 Å². The molecular weight excluding hydrogens is 428 g/mol. The first kappa shape index (κ1) is 25.8. The van der Waals surface area contributed by atoms with E-state index in [1.54, 1.807) is 0 Å². The number of hydrogen-bond acceptors (Lipinski definition) is 5. The molecule has 34 heavy (non-hydrogen) atoms. The van der Waals surface area contributed by atoms with Gasteiger partial charge in [0, 0.05) is 10.8 Å². The smallest absolute Gasteiger partial charge is 0.208 e. The van der Waals surface area contributed by atoms with E-state index in [2.05, 4.69) is 52.8 Å². The molecule has 0 N–H and O–H groups in total. The van der Waals surface area contributed by atoms with Crippen LogP contribution >= 0.6 is 0 Å². The Morgan fingerprint density at radius 1 is 0.471 bits per heavy atom. The monoisotopic (exact) mass is 468 g/mol. The largest absolute Gasteiger partial charge is 0.492 e. The lowest BCUT2D eigenvalue weighted by atomic mass is 9.99. The van der Waals surface area contributed by atoms with Crippen molar-refractivity contribution in [2.75, 3.05) is 33.0 Å². The van der Waals surface area contributed by atoms with Gasteiger partial charge in [0.25, 0.3) is 0 Å². The van der Waals surface area contributed by atoms with Crippen LogP contribution in [0.25, 0.3) is 21.5 Å². The van der Waals surface area contributed by atoms with E-state index in [-0.39, 0.29) is 0 Å². The van der Waals surface area contributed by atoms with Crippen LogP contribution in [0, 0.1) is 0 Å². The molecular formula is C29H40O5. The van der Waals surface area contributed by atoms with Gasteiger partial charge in [-0.05, 0) is 43.6 Å². The van der Waals surface area contributed by atoms with Crippen molar-refractivity contribution in [1.82, 2.24) is 0 Å². The molecule has 5 heteroatoms. The van der Waals surface area contributed by atoms with Crippen molar-refractivity contribution in [3.8, 4) is 28.7 Å². The minimum absolute atomic E-state index is 0.558. The summed E-state index contributed by atoms with van der Waals surface area (Å²) in [6.45, 7) is 13.4. The summed E-state index contributed by atoms with van der Waals surface area (Å²) in [5, 5.41) is 3.96. The first-order chi connectivity index (χ1) is 16.7. The molecule has 0 amide bonds. The van der Waals surface area contributed by atoms with Gasteiger partial charge in [-0.1, -0.05) is 58.9 Å². The molecule has 3 aromatic carbocycles. The number of fused-ring (bicyclic) bond motifs is 2. The maximum atomic E-state index is 6.41. The van der Waals surface area contributed by atoms with Gasteiger partial charge in [0.15, 0.2) is 11.5 Å². The highest BCUT2D eigenvalue weighted by molar-refractivity contribution is 6.12. The van der Waals surface area contributed by atoms with Crippen LogP contribution in [0.15, 0.2) is 30.3 Å². The third-order valence-electron chi connectivity index (χ3n) is 5.34. The lowest BCUT2D eigenvalue weighted by Crippen LogP contribution is -2.09. The Hall–Kier alpha value is -2.82. The van der Waals surface area contributed by atoms with Gasteiger partial charge in [-0.15, -0.1) is 0 Å². The third-order valence-corrected chi connectivity index (χ3v) is 5.34. The van der Waals surface area contributed by atoms with Gasteiger partial charge >= 0.3 is 0 Å². The van der Waals surface area contributed by atoms with Crippen molar-refractivity contribution in [2.45, 2.75) is 66.7 Å². The molecule has 0 fully saturated rings. The van der Waals surface area contributed by atoms with Gasteiger partial charge in [0.2, 0.25) is 11.5 Å². The van der Waals surface area contributed by atoms with Crippen LogP contribution in [0.3, 0.4) is 0 Å². The number of benzene rings is 3. The summed E-state index contributed by atoms with van der Waals surface area (Å²) in [6, 6.07) is 10.5. The van der Waals surface area contributed by atoms with Crippen molar-refractivity contribution in [2.24, 2.45) is 0 Å². The standard InChI is InChI=1S/C29H40O5/c1-6-15-30-25-22-14-12-11-13-21(22)20-23-24(25)27(32-17-8-3)29(34-19-10-5)28(33-18-9-4)26(23)31-16-7-2/h11-14,20H,6-10,15-19H2,1-5H3. The van der Waals surface area contributed by atoms with Crippen LogP contribution in [0.5, 0.6) is 28.7 Å². The highest BCUT2D eigenvalue weighted by Gasteiger charge is 2.28. The Labute approximate surface area is 204 Å². The summed E-state index contributed by atoms with van der Waals surface area (Å²) < 4.78 is 31.8. The highest BCUT2D eigenvalue weighted by atomic mass is 16.6. The van der Waals surface area contributed by atoms with E-state index < -0.39 is 0 Å². The minimum atomic E-state index is 0.558. The fourth-order valence-electron chi connectivity index (χ4n) is 3.87. The van der Waals surface area contributed by atoms with Crippen molar-refractivity contribution in [3.63, 3.8) is 0 Å². The topological polar surface area (TPSA) is 46.2 Å². The van der Waals surface area contributed by atoms with E-state index >= 15 is 0 Å². The quantitative estimate of drug-likeness (QED) is 0.212. The average Bonchev–Trinajstić information content (AvgIpc) is 2.86. The molecule has 0 spiro atoms. The van der Waals surface area contributed by atoms with E-state index in [0.717, 1.165) is 59.4 Å². The average molecular weight is 469 g/mol. The zero-order chi connectivity index (χ0) is 24.3. The predicted octanol–water partition coefficient (Wildman–Crippen LogP) is 7.94. The summed E-state index contributed by atoms with van der Waals surface area (Å²) in [7, 11) is 0. The van der Waals surface area contributed by atoms with Gasteiger partial charge in [-0.2, -0.15) is 0 Å². The molecule has 0 heterocycles. The molecule has 0 saturated carbocycles. The molecule has 3 aromatic rings. The van der Waals surface area contributed by atoms with Gasteiger partial charge in [-0.3, -0.25) is 0 Å². The second kappa shape index (κ2) is 13.2. The van der Waals surface area contributed by atoms with Crippen LogP contribution in [-0.2, 0) is 0 Å². The lowest BCUT2D eigenvalue weighted by Gasteiger charge is -2.24. The maximum Gasteiger partial charge on any atom is 0.208 e. The van der Waals surface area contributed by atoms with E-state index in [1.165, 1.54) is 0 Å². The summed E-state index contributed by atoms with van der Waals surface area (Å²) in [5.41, 5.74) is 0. The summed E-state index contributed by atoms with van der Waals surface area (Å²) >= 11 is 0. The molecule has 0 saturated heterocycles. The first-order valence-electron chi connectivity index (χ1n) is 12.9. The highest BCUT2D eigenvalue weighted by Crippen LogP contribution is 2.55. The number of ether oxygens (including phenoxy) is 5. The van der Waals surface area contributed by atoms with Crippen molar-refractivity contribution in [1.29, 1.82) is 0 Å². The first-order valence-corrected chi connectivity index (χ1v) is 12.9. The summed E-state index contributed by atoms with van der Waals surface area (Å²) in [5.74, 6) is 3.42. The molecule has 0 aliphatic carbocycles. The van der Waals surface area contributed by atoms with Gasteiger partial charge in [0.1, 0.15) is 5.75 Å². The summed E-state index contributed by atoms with van der Waals surface area (Å²) in [4.78, 5) is 0. The lowest BCUT2D eigenvalue weighted by molar-refractivity contribution is 0.230. The third kappa shape index (κ3) is 5.63. The summed E-state index contributed by atoms with van der Waals surface area (Å²) in [6.07, 6.45) is 4.44. The Morgan fingerprint density at radius 3 is 1.47 bits per heavy atom. The van der Waals surface area contributed by atoms with Crippen molar-refractivity contribution in [3.05, 3.63) is 30.3 Å². The fourth-order valence-corrected chi connectivity index (χ4v) is 3.87. The maximum absolute atomic E-state index is 6.41. The predicted molar refractivity (Wildman–Crippen MR) is 140 cm³/mol. The fraction of sp³-hybridized carbons (Fsp3) is 0.517. The molecule has 0 unspecified atom stereocenters. The van der Waals surface area contributed by atoms with Crippen LogP contribution in [0.2, 0.25) is 0 Å². The van der Waals surface area contributed by atoms with Crippen molar-refractivity contribution >= 4 is 21.5 Å². The second-order valence-corrected chi connectivity index (χ2v) is 8.41. The van der Waals surface area contributed by atoms with Gasteiger partial charge in [-0.25, -0.2) is 0 Å². The van der Waals surface area contributed by atoms with E-state index in [9.17, 15) is 0 Å². The second-order valence-electron chi connectivity index (χ2n) is 8.41. The van der Waals surface area contributed by atoms with E-state index in [1.807, 2.05) is 12.1 Å². The minimum Gasteiger partial charge on any atom is -0.492 e. The normalized spacial score (nSPS) is 11.1. The zero-order valence-corrected chi connectivity index (χ0v) is 21.5. The molecule has 186 valence electrons. The Morgan fingerprint density at radius 2 is 0.912 bits per heavy atom. The Kier molecular flexibility index (Phi) is 9.99. The Bertz CT molecular complexity index is 1060. The Balaban J connectivity index is 2.47. The zero-order valence-electron chi connectivity index (χ0n) is 21.5. The molecule has 0 aliphatic heterocycles. The SMILES string of the molecule is CCCOc1c(OCCC)c(OCCC)c2c(OCCC)c3ccccc3cc2c1OCCC. The number of rotatable bonds is 15. The van der Waals surface area contributed by atoms with Gasteiger partial charge < -0.3 is 23.7 Å². The number of hydrogen-bond donors (Lipinski definition) is 0. The van der Waals surface area contributed by atoms with Crippen LogP contribution < -0.4 is 23.7 Å². The molecule has 0 atom stereocenters. The molecule has 0 aliphatic rings. The van der Waals surface area contributed by atoms with E-state index in [0.29, 0.717) is 56.0 Å². The molecule has 0 radical (unpaired) electrons. The van der Waals surface area contributed by atoms with Gasteiger partial charge in [0.05, 0.1) is 38.4 Å². The van der Waals surface area contributed by atoms with E-state index in [4.69, 9.17) is 23.7 Å². The molecule has 3 rings (SSSR count). The molecule has 0 bridgehead atoms. The van der Waals surface area contributed by atoms with Crippen molar-refractivity contribution < 1.29 is 23.7 Å². The van der Waals surface area contributed by atoms with Crippen LogP contribution in [0.4, 0.5) is 0 Å². The molecule has 0 aromatic heterocycles.